The maximum atomic E-state index is 4.44. The van der Waals surface area contributed by atoms with Crippen molar-refractivity contribution in [2.45, 2.75) is 53.4 Å². The molecule has 0 radical (unpaired) electrons. The molecule has 0 unspecified atom stereocenters. The fourth-order valence-corrected chi connectivity index (χ4v) is 1.51. The molecule has 1 rings (SSSR count). The van der Waals surface area contributed by atoms with Crippen molar-refractivity contribution in [3.8, 4) is 0 Å². The molecule has 0 fully saturated rings. The maximum Gasteiger partial charge on any atom is 0.0656 e. The SMILES string of the molecule is CC.CCCc1cn(C)nc1CCC. The Morgan fingerprint density at radius 2 is 1.71 bits per heavy atom. The Morgan fingerprint density at radius 1 is 1.14 bits per heavy atom. The molecule has 0 atom stereocenters. The van der Waals surface area contributed by atoms with Crippen LogP contribution in [0, 0.1) is 0 Å². The van der Waals surface area contributed by atoms with E-state index in [2.05, 4.69) is 25.1 Å². The number of hydrogen-bond donors (Lipinski definition) is 0. The Morgan fingerprint density at radius 3 is 2.21 bits per heavy atom. The smallest absolute Gasteiger partial charge is 0.0656 e. The van der Waals surface area contributed by atoms with Crippen LogP contribution in [0.25, 0.3) is 0 Å². The van der Waals surface area contributed by atoms with Crippen LogP contribution in [0.5, 0.6) is 0 Å². The third-order valence-corrected chi connectivity index (χ3v) is 2.00. The van der Waals surface area contributed by atoms with Crippen LogP contribution in [-0.2, 0) is 19.9 Å². The van der Waals surface area contributed by atoms with Gasteiger partial charge in [0.2, 0.25) is 0 Å². The molecule has 0 N–H and O–H groups in total. The summed E-state index contributed by atoms with van der Waals surface area (Å²) in [5, 5.41) is 4.44. The topological polar surface area (TPSA) is 17.8 Å². The van der Waals surface area contributed by atoms with Gasteiger partial charge in [-0.15, -0.1) is 0 Å². The molecule has 2 heteroatoms. The van der Waals surface area contributed by atoms with E-state index < -0.39 is 0 Å². The van der Waals surface area contributed by atoms with E-state index in [1.165, 1.54) is 30.5 Å². The molecule has 0 spiro atoms. The lowest BCUT2D eigenvalue weighted by atomic mass is 10.1. The molecule has 0 saturated carbocycles. The van der Waals surface area contributed by atoms with E-state index in [0.717, 1.165) is 6.42 Å². The van der Waals surface area contributed by atoms with E-state index in [1.807, 2.05) is 25.6 Å². The first-order chi connectivity index (χ1) is 6.77. The first-order valence-electron chi connectivity index (χ1n) is 5.79. The molecule has 1 heterocycles. The maximum absolute atomic E-state index is 4.44. The largest absolute Gasteiger partial charge is 0.275 e. The van der Waals surface area contributed by atoms with Crippen LogP contribution in [0.15, 0.2) is 6.20 Å². The molecule has 0 aliphatic carbocycles. The highest BCUT2D eigenvalue weighted by Crippen LogP contribution is 2.10. The van der Waals surface area contributed by atoms with Crippen molar-refractivity contribution in [1.82, 2.24) is 9.78 Å². The van der Waals surface area contributed by atoms with Gasteiger partial charge in [-0.05, 0) is 18.4 Å². The third kappa shape index (κ3) is 3.95. The minimum Gasteiger partial charge on any atom is -0.275 e. The Labute approximate surface area is 88.3 Å². The zero-order valence-electron chi connectivity index (χ0n) is 10.3. The number of aromatic nitrogens is 2. The Bertz CT molecular complexity index is 215. The molecule has 0 saturated heterocycles. The van der Waals surface area contributed by atoms with E-state index in [9.17, 15) is 0 Å². The summed E-state index contributed by atoms with van der Waals surface area (Å²) in [6, 6.07) is 0. The number of aryl methyl sites for hydroxylation is 3. The summed E-state index contributed by atoms with van der Waals surface area (Å²) in [4.78, 5) is 0. The Kier molecular flexibility index (Phi) is 7.17. The molecule has 1 aromatic heterocycles. The lowest BCUT2D eigenvalue weighted by Crippen LogP contribution is -1.92. The van der Waals surface area contributed by atoms with E-state index in [-0.39, 0.29) is 0 Å². The molecular weight excluding hydrogens is 172 g/mol. The molecule has 82 valence electrons. The van der Waals surface area contributed by atoms with Crippen LogP contribution >= 0.6 is 0 Å². The van der Waals surface area contributed by atoms with Gasteiger partial charge in [-0.2, -0.15) is 5.10 Å². The first kappa shape index (κ1) is 13.2. The van der Waals surface area contributed by atoms with Gasteiger partial charge in [-0.25, -0.2) is 0 Å². The van der Waals surface area contributed by atoms with Crippen molar-refractivity contribution in [2.75, 3.05) is 0 Å². The van der Waals surface area contributed by atoms with Crippen LogP contribution in [0.1, 0.15) is 51.8 Å². The van der Waals surface area contributed by atoms with Crippen molar-refractivity contribution in [3.05, 3.63) is 17.5 Å². The fraction of sp³-hybridized carbons (Fsp3) is 0.750. The average molecular weight is 196 g/mol. The van der Waals surface area contributed by atoms with Crippen LogP contribution in [-0.4, -0.2) is 9.78 Å². The minimum atomic E-state index is 1.12. The minimum absolute atomic E-state index is 1.12. The predicted octanol–water partition coefficient (Wildman–Crippen LogP) is 3.35. The van der Waals surface area contributed by atoms with E-state index in [4.69, 9.17) is 0 Å². The average Bonchev–Trinajstić information content (AvgIpc) is 2.51. The van der Waals surface area contributed by atoms with Gasteiger partial charge in [0.05, 0.1) is 5.69 Å². The summed E-state index contributed by atoms with van der Waals surface area (Å²) in [6.45, 7) is 8.41. The Hall–Kier alpha value is -0.790. The standard InChI is InChI=1S/C10H18N2.C2H6/c1-4-6-9-8-12(3)11-10(9)7-5-2;1-2/h8H,4-7H2,1-3H3;1-2H3. The van der Waals surface area contributed by atoms with Crippen molar-refractivity contribution in [3.63, 3.8) is 0 Å². The number of hydrogen-bond acceptors (Lipinski definition) is 1. The summed E-state index contributed by atoms with van der Waals surface area (Å²) >= 11 is 0. The molecule has 0 aromatic carbocycles. The second kappa shape index (κ2) is 7.60. The van der Waals surface area contributed by atoms with Gasteiger partial charge in [0.15, 0.2) is 0 Å². The number of nitrogens with zero attached hydrogens (tertiary/aromatic N) is 2. The molecule has 1 aromatic rings. The van der Waals surface area contributed by atoms with Crippen LogP contribution in [0.3, 0.4) is 0 Å². The van der Waals surface area contributed by atoms with Crippen molar-refractivity contribution < 1.29 is 0 Å². The predicted molar refractivity (Wildman–Crippen MR) is 62.5 cm³/mol. The quantitative estimate of drug-likeness (QED) is 0.722. The molecule has 0 aliphatic heterocycles. The van der Waals surface area contributed by atoms with E-state index >= 15 is 0 Å². The zero-order chi connectivity index (χ0) is 11.0. The van der Waals surface area contributed by atoms with Crippen LogP contribution in [0.2, 0.25) is 0 Å². The van der Waals surface area contributed by atoms with Gasteiger partial charge in [0, 0.05) is 13.2 Å². The van der Waals surface area contributed by atoms with Gasteiger partial charge < -0.3 is 0 Å². The van der Waals surface area contributed by atoms with Gasteiger partial charge in [0.25, 0.3) is 0 Å². The second-order valence-electron chi connectivity index (χ2n) is 3.27. The van der Waals surface area contributed by atoms with Gasteiger partial charge in [0.1, 0.15) is 0 Å². The van der Waals surface area contributed by atoms with Crippen molar-refractivity contribution >= 4 is 0 Å². The van der Waals surface area contributed by atoms with Crippen LogP contribution in [0.4, 0.5) is 0 Å². The molecular formula is C12H24N2. The highest BCUT2D eigenvalue weighted by molar-refractivity contribution is 5.17. The lowest BCUT2D eigenvalue weighted by molar-refractivity contribution is 0.733. The normalized spacial score (nSPS) is 9.50. The first-order valence-corrected chi connectivity index (χ1v) is 5.79. The Balaban J connectivity index is 0.000000791. The summed E-state index contributed by atoms with van der Waals surface area (Å²) in [5.74, 6) is 0. The number of rotatable bonds is 4. The highest BCUT2D eigenvalue weighted by Gasteiger charge is 2.04. The molecule has 0 amide bonds. The third-order valence-electron chi connectivity index (χ3n) is 2.00. The zero-order valence-corrected chi connectivity index (χ0v) is 10.3. The van der Waals surface area contributed by atoms with Crippen molar-refractivity contribution in [1.29, 1.82) is 0 Å². The van der Waals surface area contributed by atoms with E-state index in [0.29, 0.717) is 0 Å². The summed E-state index contributed by atoms with van der Waals surface area (Å²) in [6.07, 6.45) is 6.84. The van der Waals surface area contributed by atoms with Crippen LogP contribution < -0.4 is 0 Å². The van der Waals surface area contributed by atoms with Gasteiger partial charge in [-0.1, -0.05) is 40.5 Å². The molecule has 0 bridgehead atoms. The highest BCUT2D eigenvalue weighted by atomic mass is 15.2. The van der Waals surface area contributed by atoms with Gasteiger partial charge in [-0.3, -0.25) is 4.68 Å². The second-order valence-corrected chi connectivity index (χ2v) is 3.27. The lowest BCUT2D eigenvalue weighted by Gasteiger charge is -1.96. The van der Waals surface area contributed by atoms with Gasteiger partial charge >= 0.3 is 0 Å². The monoisotopic (exact) mass is 196 g/mol. The van der Waals surface area contributed by atoms with Crippen molar-refractivity contribution in [2.24, 2.45) is 7.05 Å². The fourth-order valence-electron chi connectivity index (χ4n) is 1.51. The molecule has 0 aliphatic rings. The molecule has 14 heavy (non-hydrogen) atoms. The molecule has 2 nitrogen and oxygen atoms in total. The van der Waals surface area contributed by atoms with E-state index in [1.54, 1.807) is 0 Å². The summed E-state index contributed by atoms with van der Waals surface area (Å²) < 4.78 is 1.93. The summed E-state index contributed by atoms with van der Waals surface area (Å²) in [7, 11) is 2.00. The summed E-state index contributed by atoms with van der Waals surface area (Å²) in [5.41, 5.74) is 2.73.